The zero-order valence-electron chi connectivity index (χ0n) is 54.2. The smallest absolute Gasteiger partial charge is 0.493 e. The van der Waals surface area contributed by atoms with Crippen LogP contribution >= 0.6 is 0 Å². The number of aliphatic imine (C=N–C) groups is 2. The maximum atomic E-state index is 13.8. The highest BCUT2D eigenvalue weighted by molar-refractivity contribution is 7.82. The summed E-state index contributed by atoms with van der Waals surface area (Å²) in [5.74, 6) is -0.386. The Hall–Kier alpha value is -8.97. The van der Waals surface area contributed by atoms with Crippen LogP contribution in [0.4, 0.5) is 11.4 Å². The Bertz CT molecular complexity index is 3820. The van der Waals surface area contributed by atoms with Crippen molar-refractivity contribution >= 4 is 51.8 Å². The Kier molecular flexibility index (Phi) is 23.3. The highest BCUT2D eigenvalue weighted by Gasteiger charge is 2.45. The average Bonchev–Trinajstić information content (AvgIpc) is 1.79. The van der Waals surface area contributed by atoms with Crippen molar-refractivity contribution in [1.82, 2.24) is 9.80 Å². The van der Waals surface area contributed by atoms with Crippen LogP contribution in [0.2, 0.25) is 0 Å². The van der Waals surface area contributed by atoms with E-state index in [-0.39, 0.29) is 100.0 Å². The zero-order chi connectivity index (χ0) is 69.0. The van der Waals surface area contributed by atoms with Crippen LogP contribution in [0.5, 0.6) is 40.2 Å². The van der Waals surface area contributed by atoms with E-state index in [0.717, 1.165) is 39.5 Å². The number of aliphatic hydroxyl groups is 4. The molecule has 7 atom stereocenters. The number of azide groups is 1. The lowest BCUT2D eigenvalue weighted by Gasteiger charge is -2.39. The number of carbonyl (C=O) groups is 3. The van der Waals surface area contributed by atoms with E-state index in [2.05, 4.69) is 23.2 Å². The van der Waals surface area contributed by atoms with Gasteiger partial charge in [0.1, 0.15) is 56.5 Å². The predicted octanol–water partition coefficient (Wildman–Crippen LogP) is 6.82. The molecule has 28 nitrogen and oxygen atoms in total. The van der Waals surface area contributed by atoms with E-state index in [1.165, 1.54) is 38.5 Å². The molecule has 5 aliphatic heterocycles. The van der Waals surface area contributed by atoms with Gasteiger partial charge in [0.05, 0.1) is 103 Å². The summed E-state index contributed by atoms with van der Waals surface area (Å²) in [6.45, 7) is 11.1. The summed E-state index contributed by atoms with van der Waals surface area (Å²) in [7, 11) is 2.04. The number of rotatable bonds is 33. The van der Waals surface area contributed by atoms with Crippen molar-refractivity contribution in [1.29, 1.82) is 0 Å². The van der Waals surface area contributed by atoms with Crippen LogP contribution in [0.25, 0.3) is 10.4 Å². The number of methoxy groups -OCH3 is 2. The maximum Gasteiger partial charge on any atom is 0.501 e. The lowest BCUT2D eigenvalue weighted by atomic mass is 9.99. The monoisotopic (exact) mass is 1360 g/mol. The highest BCUT2D eigenvalue weighted by Crippen LogP contribution is 2.42. The van der Waals surface area contributed by atoms with Crippen molar-refractivity contribution < 1.29 is 98.7 Å². The molecule has 3 saturated heterocycles. The Morgan fingerprint density at radius 3 is 1.77 bits per heavy atom. The van der Waals surface area contributed by atoms with Gasteiger partial charge in [-0.3, -0.25) is 24.4 Å². The third kappa shape index (κ3) is 18.0. The summed E-state index contributed by atoms with van der Waals surface area (Å²) in [5.41, 5.74) is 15.2. The number of carbonyl (C=O) groups excluding carboxylic acids is 3. The molecule has 0 bridgehead atoms. The van der Waals surface area contributed by atoms with Crippen LogP contribution in [-0.4, -0.2) is 210 Å². The van der Waals surface area contributed by atoms with E-state index in [0.29, 0.717) is 102 Å². The fourth-order valence-corrected chi connectivity index (χ4v) is 12.6. The molecule has 2 amide bonds. The van der Waals surface area contributed by atoms with Gasteiger partial charge in [0, 0.05) is 78.8 Å². The van der Waals surface area contributed by atoms with Gasteiger partial charge >= 0.3 is 10.4 Å². The fraction of sp³-hybridized carbons (Fsp3) is 0.426. The summed E-state index contributed by atoms with van der Waals surface area (Å²) in [6, 6.07) is 22.2. The molecule has 97 heavy (non-hydrogen) atoms. The van der Waals surface area contributed by atoms with E-state index in [4.69, 9.17) is 66.5 Å². The summed E-state index contributed by atoms with van der Waals surface area (Å²) in [6.07, 6.45) is -3.48. The number of ether oxygens (including phenoxy) is 9. The van der Waals surface area contributed by atoms with Gasteiger partial charge < -0.3 is 85.7 Å². The first-order chi connectivity index (χ1) is 46.6. The number of benzene rings is 5. The number of ketones is 1. The van der Waals surface area contributed by atoms with E-state index < -0.39 is 59.2 Å². The molecule has 5 aromatic carbocycles. The summed E-state index contributed by atoms with van der Waals surface area (Å²) < 4.78 is 91.1. The van der Waals surface area contributed by atoms with Crippen LogP contribution in [0, 0.1) is 0 Å². The molecular weight excluding hydrogens is 1280 g/mol. The Labute approximate surface area is 560 Å². The molecule has 0 saturated carbocycles. The molecular formula is C68H79N8O20S+. The number of hydrogen-bond acceptors (Lipinski definition) is 23. The maximum absolute atomic E-state index is 13.8. The standard InChI is InChI=1S/C68H79N8O20S/c1-41-22-48-32-70-53-30-59(57(86-5)28-51(53)66(82)74(48)34-41)91-39-45-24-44(25-46(26-45)40-92-60-31-54-52(29-58(60)87-6)67(83)75-35-42(2)23-49(75)33-71-54)37-76(3,4)36-43-9-12-50(13-10-43)95-97(84,85)96-61-27-47(11-14-56(61)93-68-65(81)64(80)63(79)62(38-77)94-68)55(78)8-7-16-88-18-20-90-21-19-89-17-15-72-73-69/h9-14,24-33,48-49,62-65,68,77,79-81H,1-2,7-8,15-23,34-40H2,3-6H3/q+1/t48-,49-,62+,63-,64-,65-,68?/m0/s1. The Morgan fingerprint density at radius 1 is 0.670 bits per heavy atom. The first-order valence-corrected chi connectivity index (χ1v) is 32.7. The molecule has 4 N–H and O–H groups in total. The largest absolute Gasteiger partial charge is 0.501 e. The molecule has 29 heteroatoms. The number of nitrogens with zero attached hydrogens (tertiary/aromatic N) is 8. The first kappa shape index (κ1) is 70.8. The van der Waals surface area contributed by atoms with Gasteiger partial charge in [-0.15, -0.1) is 8.42 Å². The van der Waals surface area contributed by atoms with E-state index in [9.17, 15) is 43.2 Å². The molecule has 0 aromatic heterocycles. The minimum absolute atomic E-state index is 0.0126. The van der Waals surface area contributed by atoms with Gasteiger partial charge in [0.25, 0.3) is 11.8 Å². The minimum Gasteiger partial charge on any atom is -0.493 e. The minimum atomic E-state index is -5.03. The van der Waals surface area contributed by atoms with E-state index >= 15 is 0 Å². The number of amides is 2. The zero-order valence-corrected chi connectivity index (χ0v) is 55.0. The van der Waals surface area contributed by atoms with Crippen LogP contribution < -0.4 is 32.1 Å². The number of Topliss-reactive ketones (excluding diaryl/α,β-unsaturated/α-hetero) is 1. The third-order valence-corrected chi connectivity index (χ3v) is 17.3. The summed E-state index contributed by atoms with van der Waals surface area (Å²) >= 11 is 0. The lowest BCUT2D eigenvalue weighted by molar-refractivity contribution is -0.916. The molecule has 1 unspecified atom stereocenters. The molecule has 3 fully saturated rings. The van der Waals surface area contributed by atoms with Gasteiger partial charge in [-0.25, -0.2) is 0 Å². The van der Waals surface area contributed by atoms with Crippen LogP contribution in [0.1, 0.15) is 79.0 Å². The van der Waals surface area contributed by atoms with Crippen molar-refractivity contribution in [3.8, 4) is 40.2 Å². The van der Waals surface area contributed by atoms with E-state index in [1.807, 2.05) is 32.3 Å². The molecule has 5 aromatic rings. The Morgan fingerprint density at radius 2 is 1.22 bits per heavy atom. The second kappa shape index (κ2) is 31.9. The van der Waals surface area contributed by atoms with Crippen molar-refractivity contribution in [2.75, 3.05) is 94.2 Å². The SMILES string of the molecule is C=C1C[C@H]2C=Nc3cc(OCc4cc(COc5cc6c(cc5OC)C(=O)N5CC(=C)C[C@H]5C=N6)cc(C[N+](C)(C)Cc5ccc(OS(=O)(=O)Oc6cc(C(=O)CCCOCCOCCOCCN=[N+]=[N-])ccc6OC6O[C@H](CO)[C@H](O)[C@H](O)[C@@H]6O)cc5)c4)c(OC)cc3C(=O)N2C1. The lowest BCUT2D eigenvalue weighted by Crippen LogP contribution is -2.60. The van der Waals surface area contributed by atoms with Crippen LogP contribution in [0.3, 0.4) is 0 Å². The number of quaternary nitrogens is 1. The number of fused-ring (bicyclic) bond motifs is 4. The van der Waals surface area contributed by atoms with E-state index in [1.54, 1.807) is 58.6 Å². The molecule has 0 radical (unpaired) electrons. The molecule has 10 rings (SSSR count). The van der Waals surface area contributed by atoms with Crippen LogP contribution in [0.15, 0.2) is 124 Å². The normalized spacial score (nSPS) is 20.4. The third-order valence-electron chi connectivity index (χ3n) is 16.5. The fourth-order valence-electron chi connectivity index (χ4n) is 11.9. The number of aliphatic hydroxyl groups excluding tert-OH is 4. The van der Waals surface area contributed by atoms with Gasteiger partial charge in [-0.1, -0.05) is 29.4 Å². The molecule has 5 heterocycles. The molecule has 5 aliphatic rings. The van der Waals surface area contributed by atoms with Crippen molar-refractivity contribution in [3.63, 3.8) is 0 Å². The topological polar surface area (TPSA) is 348 Å². The van der Waals surface area contributed by atoms with Crippen molar-refractivity contribution in [2.45, 2.75) is 94.8 Å². The average molecular weight is 1360 g/mol. The van der Waals surface area contributed by atoms with Crippen molar-refractivity contribution in [2.24, 2.45) is 15.1 Å². The first-order valence-electron chi connectivity index (χ1n) is 31.4. The van der Waals surface area contributed by atoms with Crippen LogP contribution in [-0.2, 0) is 55.6 Å². The van der Waals surface area contributed by atoms with Gasteiger partial charge in [0.2, 0.25) is 6.29 Å². The van der Waals surface area contributed by atoms with Gasteiger partial charge in [-0.05, 0) is 109 Å². The second-order valence-electron chi connectivity index (χ2n) is 24.5. The molecule has 516 valence electrons. The summed E-state index contributed by atoms with van der Waals surface area (Å²) in [4.78, 5) is 56.6. The van der Waals surface area contributed by atoms with Gasteiger partial charge in [0.15, 0.2) is 40.3 Å². The predicted molar refractivity (Wildman–Crippen MR) is 352 cm³/mol. The Balaban J connectivity index is 0.827. The molecule has 0 spiro atoms. The van der Waals surface area contributed by atoms with Gasteiger partial charge in [-0.2, -0.15) is 0 Å². The quantitative estimate of drug-likeness (QED) is 0.00637. The second-order valence-corrected chi connectivity index (χ2v) is 25.7. The van der Waals surface area contributed by atoms with Crippen molar-refractivity contribution in [3.05, 3.63) is 159 Å². The number of hydrogen-bond donors (Lipinski definition) is 4. The molecule has 0 aliphatic carbocycles. The highest BCUT2D eigenvalue weighted by atomic mass is 32.3. The summed E-state index contributed by atoms with van der Waals surface area (Å²) in [5, 5.41) is 44.8.